The van der Waals surface area contributed by atoms with Crippen LogP contribution in [0.3, 0.4) is 0 Å². The van der Waals surface area contributed by atoms with E-state index >= 15 is 0 Å². The lowest BCUT2D eigenvalue weighted by Gasteiger charge is -2.28. The van der Waals surface area contributed by atoms with Crippen LogP contribution in [-0.4, -0.2) is 36.7 Å². The van der Waals surface area contributed by atoms with Gasteiger partial charge in [0, 0.05) is 7.05 Å². The minimum Gasteiger partial charge on any atom is -0.211 e. The Morgan fingerprint density at radius 3 is 2.07 bits per heavy atom. The van der Waals surface area contributed by atoms with Gasteiger partial charge in [-0.3, -0.25) is 0 Å². The van der Waals surface area contributed by atoms with E-state index in [1.807, 2.05) is 0 Å². The van der Waals surface area contributed by atoms with E-state index in [9.17, 15) is 21.6 Å². The van der Waals surface area contributed by atoms with E-state index in [0.29, 0.717) is 4.31 Å². The van der Waals surface area contributed by atoms with Gasteiger partial charge >= 0.3 is 6.18 Å². The van der Waals surface area contributed by atoms with Gasteiger partial charge < -0.3 is 0 Å². The summed E-state index contributed by atoms with van der Waals surface area (Å²) in [6.07, 6.45) is -4.91. The highest BCUT2D eigenvalue weighted by atomic mass is 35.5. The van der Waals surface area contributed by atoms with Crippen molar-refractivity contribution >= 4 is 21.6 Å². The molecule has 0 amide bonds. The molecule has 1 aliphatic carbocycles. The zero-order valence-corrected chi connectivity index (χ0v) is 8.88. The zero-order chi connectivity index (χ0) is 11.2. The fraction of sp³-hybridized carbons (Fsp3) is 1.00. The normalized spacial score (nSPS) is 21.3. The molecule has 1 saturated carbocycles. The molecule has 0 N–H and O–H groups in total. The number of halogens is 4. The fourth-order valence-electron chi connectivity index (χ4n) is 1.23. The maximum Gasteiger partial charge on any atom is 0.407 e. The molecule has 0 aromatic heterocycles. The van der Waals surface area contributed by atoms with E-state index in [1.165, 1.54) is 0 Å². The lowest BCUT2D eigenvalue weighted by molar-refractivity contribution is -0.180. The largest absolute Gasteiger partial charge is 0.407 e. The predicted molar refractivity (Wildman–Crippen MR) is 45.4 cm³/mol. The first-order valence-corrected chi connectivity index (χ1v) is 5.91. The van der Waals surface area contributed by atoms with Crippen LogP contribution in [-0.2, 0) is 10.0 Å². The molecule has 3 nitrogen and oxygen atoms in total. The summed E-state index contributed by atoms with van der Waals surface area (Å²) in [5, 5.41) is -0.832. The Balaban J connectivity index is 2.97. The molecule has 1 fully saturated rings. The van der Waals surface area contributed by atoms with E-state index in [0.717, 1.165) is 7.05 Å². The Morgan fingerprint density at radius 1 is 1.43 bits per heavy atom. The van der Waals surface area contributed by atoms with Crippen molar-refractivity contribution in [3.05, 3.63) is 0 Å². The second-order valence-corrected chi connectivity index (χ2v) is 5.80. The molecule has 0 unspecified atom stereocenters. The van der Waals surface area contributed by atoms with Gasteiger partial charge in [0.2, 0.25) is 10.0 Å². The molecule has 0 atom stereocenters. The smallest absolute Gasteiger partial charge is 0.211 e. The molecule has 0 aliphatic heterocycles. The Labute approximate surface area is 84.9 Å². The third-order valence-electron chi connectivity index (χ3n) is 2.41. The molecule has 84 valence electrons. The topological polar surface area (TPSA) is 37.4 Å². The molecule has 1 aliphatic rings. The van der Waals surface area contributed by atoms with Crippen molar-refractivity contribution in [2.45, 2.75) is 24.6 Å². The van der Waals surface area contributed by atoms with Crippen LogP contribution in [0.25, 0.3) is 0 Å². The number of alkyl halides is 4. The molecule has 0 aromatic rings. The van der Waals surface area contributed by atoms with Crippen LogP contribution >= 0.6 is 11.6 Å². The van der Waals surface area contributed by atoms with Crippen LogP contribution in [0.15, 0.2) is 0 Å². The van der Waals surface area contributed by atoms with Gasteiger partial charge in [-0.05, 0) is 12.8 Å². The number of hydrogen-bond acceptors (Lipinski definition) is 2. The maximum absolute atomic E-state index is 12.5. The van der Waals surface area contributed by atoms with Crippen molar-refractivity contribution in [2.75, 3.05) is 12.3 Å². The molecule has 1 rings (SSSR count). The van der Waals surface area contributed by atoms with Crippen molar-refractivity contribution in [3.63, 3.8) is 0 Å². The Kier molecular flexibility index (Phi) is 2.80. The summed E-state index contributed by atoms with van der Waals surface area (Å²) >= 11 is 5.07. The van der Waals surface area contributed by atoms with E-state index in [2.05, 4.69) is 0 Å². The average molecular weight is 252 g/mol. The van der Waals surface area contributed by atoms with Crippen LogP contribution in [0, 0.1) is 0 Å². The minimum absolute atomic E-state index is 0.191. The minimum atomic E-state index is -4.53. The highest BCUT2D eigenvalue weighted by molar-refractivity contribution is 7.90. The van der Waals surface area contributed by atoms with Crippen LogP contribution in [0.2, 0.25) is 0 Å². The SMILES string of the molecule is CN(C1(C(F)(F)F)CC1)S(=O)(=O)CCl. The van der Waals surface area contributed by atoms with Gasteiger partial charge in [-0.2, -0.15) is 17.5 Å². The second-order valence-electron chi connectivity index (χ2n) is 3.22. The number of nitrogens with zero attached hydrogens (tertiary/aromatic N) is 1. The van der Waals surface area contributed by atoms with Gasteiger partial charge in [0.15, 0.2) is 0 Å². The Morgan fingerprint density at radius 2 is 1.86 bits per heavy atom. The molecule has 0 radical (unpaired) electrons. The first-order chi connectivity index (χ1) is 6.17. The maximum atomic E-state index is 12.5. The van der Waals surface area contributed by atoms with Gasteiger partial charge in [-0.15, -0.1) is 11.6 Å². The van der Waals surface area contributed by atoms with E-state index < -0.39 is 27.0 Å². The first kappa shape index (κ1) is 12.1. The lowest BCUT2D eigenvalue weighted by Crippen LogP contribution is -2.49. The van der Waals surface area contributed by atoms with Gasteiger partial charge in [0.05, 0.1) is 0 Å². The van der Waals surface area contributed by atoms with E-state index in [-0.39, 0.29) is 12.8 Å². The van der Waals surface area contributed by atoms with Crippen molar-refractivity contribution in [3.8, 4) is 0 Å². The molecular weight excluding hydrogens is 243 g/mol. The summed E-state index contributed by atoms with van der Waals surface area (Å²) in [5.74, 6) is 0. The van der Waals surface area contributed by atoms with Gasteiger partial charge in [0.1, 0.15) is 10.8 Å². The number of hydrogen-bond donors (Lipinski definition) is 0. The van der Waals surface area contributed by atoms with Gasteiger partial charge in [-0.1, -0.05) is 0 Å². The van der Waals surface area contributed by atoms with E-state index in [4.69, 9.17) is 11.6 Å². The molecule has 0 heterocycles. The summed E-state index contributed by atoms with van der Waals surface area (Å²) in [7, 11) is -3.08. The van der Waals surface area contributed by atoms with Gasteiger partial charge in [0.25, 0.3) is 0 Å². The second kappa shape index (κ2) is 3.24. The van der Waals surface area contributed by atoms with Crippen LogP contribution < -0.4 is 0 Å². The molecule has 0 saturated heterocycles. The third kappa shape index (κ3) is 1.72. The van der Waals surface area contributed by atoms with Crippen molar-refractivity contribution < 1.29 is 21.6 Å². The standard InChI is InChI=1S/C6H9ClF3NO2S/c1-11(14(12,13)4-7)5(2-3-5)6(8,9)10/h2-4H2,1H3. The summed E-state index contributed by atoms with van der Waals surface area (Å²) in [6, 6.07) is 0. The van der Waals surface area contributed by atoms with Crippen LogP contribution in [0.4, 0.5) is 13.2 Å². The third-order valence-corrected chi connectivity index (χ3v) is 4.70. The van der Waals surface area contributed by atoms with Crippen LogP contribution in [0.5, 0.6) is 0 Å². The van der Waals surface area contributed by atoms with Crippen molar-refractivity contribution in [2.24, 2.45) is 0 Å². The number of sulfonamides is 1. The molecule has 8 heteroatoms. The molecule has 0 bridgehead atoms. The van der Waals surface area contributed by atoms with E-state index in [1.54, 1.807) is 0 Å². The monoisotopic (exact) mass is 251 g/mol. The highest BCUT2D eigenvalue weighted by Gasteiger charge is 2.68. The molecule has 0 spiro atoms. The van der Waals surface area contributed by atoms with Crippen molar-refractivity contribution in [1.82, 2.24) is 4.31 Å². The highest BCUT2D eigenvalue weighted by Crippen LogP contribution is 2.53. The number of rotatable bonds is 3. The quantitative estimate of drug-likeness (QED) is 0.714. The Hall–Kier alpha value is -0.0100. The predicted octanol–water partition coefficient (Wildman–Crippen LogP) is 1.54. The summed E-state index contributed by atoms with van der Waals surface area (Å²) in [4.78, 5) is 0. The summed E-state index contributed by atoms with van der Waals surface area (Å²) in [5.41, 5.74) is -2.21. The molecular formula is C6H9ClF3NO2S. The zero-order valence-electron chi connectivity index (χ0n) is 7.31. The molecule has 14 heavy (non-hydrogen) atoms. The molecule has 0 aromatic carbocycles. The first-order valence-electron chi connectivity index (χ1n) is 3.77. The fourth-order valence-corrected chi connectivity index (χ4v) is 2.64. The average Bonchev–Trinajstić information content (AvgIpc) is 2.81. The summed E-state index contributed by atoms with van der Waals surface area (Å²) in [6.45, 7) is 0. The van der Waals surface area contributed by atoms with Crippen molar-refractivity contribution in [1.29, 1.82) is 0 Å². The van der Waals surface area contributed by atoms with Gasteiger partial charge in [-0.25, -0.2) is 8.42 Å². The Bertz CT molecular complexity index is 322. The summed E-state index contributed by atoms with van der Waals surface area (Å²) < 4.78 is 60.0. The lowest BCUT2D eigenvalue weighted by atomic mass is 10.3. The van der Waals surface area contributed by atoms with Crippen LogP contribution in [0.1, 0.15) is 12.8 Å².